The van der Waals surface area contributed by atoms with Gasteiger partial charge in [0.2, 0.25) is 6.79 Å². The van der Waals surface area contributed by atoms with Crippen LogP contribution in [0.25, 0.3) is 0 Å². The molecular formula is C19H23N3O7. The lowest BCUT2D eigenvalue weighted by molar-refractivity contribution is -0.156. The van der Waals surface area contributed by atoms with Gasteiger partial charge < -0.3 is 24.8 Å². The molecule has 1 saturated heterocycles. The second-order valence-corrected chi connectivity index (χ2v) is 7.04. The summed E-state index contributed by atoms with van der Waals surface area (Å²) in [6.45, 7) is 4.57. The third kappa shape index (κ3) is 4.25. The third-order valence-corrected chi connectivity index (χ3v) is 4.92. The Morgan fingerprint density at radius 1 is 1.31 bits per heavy atom. The van der Waals surface area contributed by atoms with Gasteiger partial charge >= 0.3 is 12.0 Å². The minimum Gasteiger partial charge on any atom is -0.454 e. The number of nitrogens with zero attached hydrogens (tertiary/aromatic N) is 1. The van der Waals surface area contributed by atoms with Gasteiger partial charge in [0.25, 0.3) is 11.8 Å². The molecule has 1 fully saturated rings. The van der Waals surface area contributed by atoms with E-state index in [0.717, 1.165) is 10.5 Å². The molecule has 2 N–H and O–H groups in total. The number of urea groups is 1. The smallest absolute Gasteiger partial charge is 0.327 e. The number of fused-ring (bicyclic) bond motifs is 1. The van der Waals surface area contributed by atoms with E-state index in [1.54, 1.807) is 32.0 Å². The van der Waals surface area contributed by atoms with Crippen molar-refractivity contribution in [2.75, 3.05) is 13.3 Å². The van der Waals surface area contributed by atoms with Crippen LogP contribution in [0.5, 0.6) is 11.5 Å². The van der Waals surface area contributed by atoms with Crippen molar-refractivity contribution in [1.29, 1.82) is 0 Å². The summed E-state index contributed by atoms with van der Waals surface area (Å²) < 4.78 is 15.6. The lowest BCUT2D eigenvalue weighted by Crippen LogP contribution is -2.44. The molecule has 29 heavy (non-hydrogen) atoms. The number of amides is 4. The van der Waals surface area contributed by atoms with E-state index in [1.165, 1.54) is 6.92 Å². The number of nitrogens with one attached hydrogen (secondary N) is 2. The zero-order valence-electron chi connectivity index (χ0n) is 16.4. The van der Waals surface area contributed by atoms with Crippen molar-refractivity contribution in [1.82, 2.24) is 15.5 Å². The molecule has 0 saturated carbocycles. The van der Waals surface area contributed by atoms with Gasteiger partial charge in [-0.05, 0) is 38.0 Å². The minimum absolute atomic E-state index is 0.160. The van der Waals surface area contributed by atoms with Crippen molar-refractivity contribution in [3.63, 3.8) is 0 Å². The molecule has 10 heteroatoms. The Morgan fingerprint density at radius 2 is 2.03 bits per heavy atom. The predicted octanol–water partition coefficient (Wildman–Crippen LogP) is 0.684. The van der Waals surface area contributed by atoms with Crippen LogP contribution in [0, 0.1) is 0 Å². The summed E-state index contributed by atoms with van der Waals surface area (Å²) >= 11 is 0. The van der Waals surface area contributed by atoms with Crippen molar-refractivity contribution in [3.8, 4) is 11.5 Å². The largest absolute Gasteiger partial charge is 0.454 e. The van der Waals surface area contributed by atoms with Crippen LogP contribution in [0.4, 0.5) is 4.79 Å². The van der Waals surface area contributed by atoms with Crippen LogP contribution in [-0.4, -0.2) is 53.7 Å². The maximum atomic E-state index is 12.3. The van der Waals surface area contributed by atoms with Crippen molar-refractivity contribution < 1.29 is 33.4 Å². The molecule has 156 valence electrons. The van der Waals surface area contributed by atoms with E-state index < -0.39 is 42.0 Å². The van der Waals surface area contributed by atoms with Gasteiger partial charge in [0.05, 0.1) is 0 Å². The summed E-state index contributed by atoms with van der Waals surface area (Å²) in [5.41, 5.74) is -0.246. The third-order valence-electron chi connectivity index (χ3n) is 4.92. The van der Waals surface area contributed by atoms with Crippen LogP contribution in [-0.2, 0) is 25.7 Å². The Bertz CT molecular complexity index is 856. The van der Waals surface area contributed by atoms with Crippen molar-refractivity contribution in [2.45, 2.75) is 45.4 Å². The normalized spacial score (nSPS) is 21.0. The average molecular weight is 405 g/mol. The molecule has 0 aliphatic carbocycles. The van der Waals surface area contributed by atoms with E-state index in [2.05, 4.69) is 10.6 Å². The molecule has 2 aliphatic rings. The highest BCUT2D eigenvalue weighted by molar-refractivity contribution is 6.08. The molecule has 0 radical (unpaired) electrons. The lowest BCUT2D eigenvalue weighted by Gasteiger charge is -2.19. The monoisotopic (exact) mass is 405 g/mol. The molecule has 10 nitrogen and oxygen atoms in total. The van der Waals surface area contributed by atoms with E-state index in [0.29, 0.717) is 17.9 Å². The van der Waals surface area contributed by atoms with Gasteiger partial charge in [-0.2, -0.15) is 0 Å². The molecule has 0 unspecified atom stereocenters. The summed E-state index contributed by atoms with van der Waals surface area (Å²) in [6, 6.07) is 4.63. The zero-order valence-corrected chi connectivity index (χ0v) is 16.4. The van der Waals surface area contributed by atoms with E-state index in [4.69, 9.17) is 14.2 Å². The molecule has 2 heterocycles. The summed E-state index contributed by atoms with van der Waals surface area (Å²) in [7, 11) is 0. The topological polar surface area (TPSA) is 123 Å². The fourth-order valence-electron chi connectivity index (χ4n) is 2.93. The van der Waals surface area contributed by atoms with E-state index >= 15 is 0 Å². The number of esters is 1. The average Bonchev–Trinajstić information content (AvgIpc) is 3.24. The number of carbonyl (C=O) groups is 4. The Labute approximate surface area is 167 Å². The molecule has 1 aromatic rings. The van der Waals surface area contributed by atoms with Crippen LogP contribution in [0.1, 0.15) is 32.8 Å². The van der Waals surface area contributed by atoms with E-state index in [1.807, 2.05) is 0 Å². The van der Waals surface area contributed by atoms with Crippen molar-refractivity contribution in [2.24, 2.45) is 0 Å². The highest BCUT2D eigenvalue weighted by Gasteiger charge is 2.47. The van der Waals surface area contributed by atoms with Crippen molar-refractivity contribution >= 4 is 23.8 Å². The fourth-order valence-corrected chi connectivity index (χ4v) is 2.93. The minimum atomic E-state index is -1.09. The summed E-state index contributed by atoms with van der Waals surface area (Å²) in [5.74, 6) is -0.612. The number of carbonyl (C=O) groups excluding carboxylic acids is 4. The van der Waals surface area contributed by atoms with Gasteiger partial charge in [-0.25, -0.2) is 4.79 Å². The standard InChI is InChI=1S/C19H23N3O7/c1-4-19(3)17(25)22(18(26)21-19)9-15(23)29-11(2)16(24)20-8-12-5-6-13-14(7-12)28-10-27-13/h5-7,11H,4,8-10H2,1-3H3,(H,20,24)(H,21,26)/t11-,19+/m1/s1. The molecule has 2 aliphatic heterocycles. The summed E-state index contributed by atoms with van der Waals surface area (Å²) in [4.78, 5) is 49.3. The molecule has 0 spiro atoms. The number of rotatable bonds is 7. The molecule has 1 aromatic carbocycles. The molecule has 0 bridgehead atoms. The van der Waals surface area contributed by atoms with Crippen LogP contribution in [0.2, 0.25) is 0 Å². The van der Waals surface area contributed by atoms with Crippen LogP contribution in [0.3, 0.4) is 0 Å². The number of ether oxygens (including phenoxy) is 3. The molecule has 0 aromatic heterocycles. The van der Waals surface area contributed by atoms with Gasteiger partial charge in [0.15, 0.2) is 17.6 Å². The maximum absolute atomic E-state index is 12.3. The Kier molecular flexibility index (Phi) is 5.62. The quantitative estimate of drug-likeness (QED) is 0.505. The van der Waals surface area contributed by atoms with Crippen LogP contribution in [0.15, 0.2) is 18.2 Å². The number of imide groups is 1. The summed E-state index contributed by atoms with van der Waals surface area (Å²) in [5, 5.41) is 5.20. The van der Waals surface area contributed by atoms with Crippen LogP contribution >= 0.6 is 0 Å². The molecule has 2 atom stereocenters. The van der Waals surface area contributed by atoms with E-state index in [-0.39, 0.29) is 13.3 Å². The van der Waals surface area contributed by atoms with Gasteiger partial charge in [0, 0.05) is 6.54 Å². The van der Waals surface area contributed by atoms with Gasteiger partial charge in [-0.15, -0.1) is 0 Å². The van der Waals surface area contributed by atoms with Gasteiger partial charge in [-0.3, -0.25) is 19.3 Å². The lowest BCUT2D eigenvalue weighted by atomic mass is 9.99. The first kappa shape index (κ1) is 20.4. The SMILES string of the molecule is CC[C@]1(C)NC(=O)N(CC(=O)O[C@H](C)C(=O)NCc2ccc3c(c2)OCO3)C1=O. The first-order valence-corrected chi connectivity index (χ1v) is 9.23. The Balaban J connectivity index is 1.48. The highest BCUT2D eigenvalue weighted by Crippen LogP contribution is 2.32. The number of hydrogen-bond donors (Lipinski definition) is 2. The summed E-state index contributed by atoms with van der Waals surface area (Å²) in [6.07, 6.45) is -0.697. The Hall–Kier alpha value is -3.30. The van der Waals surface area contributed by atoms with E-state index in [9.17, 15) is 19.2 Å². The van der Waals surface area contributed by atoms with Gasteiger partial charge in [0.1, 0.15) is 12.1 Å². The highest BCUT2D eigenvalue weighted by atomic mass is 16.7. The second-order valence-electron chi connectivity index (χ2n) is 7.04. The molecular weight excluding hydrogens is 382 g/mol. The van der Waals surface area contributed by atoms with Crippen LogP contribution < -0.4 is 20.1 Å². The number of hydrogen-bond acceptors (Lipinski definition) is 7. The fraction of sp³-hybridized carbons (Fsp3) is 0.474. The maximum Gasteiger partial charge on any atom is 0.327 e. The number of benzene rings is 1. The zero-order chi connectivity index (χ0) is 21.2. The Morgan fingerprint density at radius 3 is 2.72 bits per heavy atom. The van der Waals surface area contributed by atoms with Gasteiger partial charge in [-0.1, -0.05) is 13.0 Å². The molecule has 3 rings (SSSR count). The second kappa shape index (κ2) is 7.98. The molecule has 4 amide bonds. The first-order valence-electron chi connectivity index (χ1n) is 9.23. The predicted molar refractivity (Wildman–Crippen MR) is 98.9 cm³/mol. The first-order chi connectivity index (χ1) is 13.7. The van der Waals surface area contributed by atoms with Crippen molar-refractivity contribution in [3.05, 3.63) is 23.8 Å².